The van der Waals surface area contributed by atoms with Gasteiger partial charge >= 0.3 is 0 Å². The van der Waals surface area contributed by atoms with Crippen LogP contribution in [0.25, 0.3) is 0 Å². The molecule has 7 nitrogen and oxygen atoms in total. The van der Waals surface area contributed by atoms with Crippen LogP contribution in [0, 0.1) is 0 Å². The molecule has 0 saturated carbocycles. The van der Waals surface area contributed by atoms with Crippen molar-refractivity contribution in [2.45, 2.75) is 76.9 Å². The molecule has 0 radical (unpaired) electrons. The second-order valence-corrected chi connectivity index (χ2v) is 14.2. The Bertz CT molecular complexity index is 1670. The van der Waals surface area contributed by atoms with Gasteiger partial charge in [-0.3, -0.25) is 4.55 Å². The van der Waals surface area contributed by atoms with Gasteiger partial charge in [-0.05, 0) is 63.3 Å². The zero-order chi connectivity index (χ0) is 29.3. The molecule has 0 saturated heterocycles. The summed E-state index contributed by atoms with van der Waals surface area (Å²) < 4.78 is 33.3. The van der Waals surface area contributed by atoms with Crippen LogP contribution in [0.2, 0.25) is 0 Å². The summed E-state index contributed by atoms with van der Waals surface area (Å²) >= 11 is -2.09. The van der Waals surface area contributed by atoms with Crippen LogP contribution in [0.4, 0.5) is 11.4 Å². The van der Waals surface area contributed by atoms with E-state index in [9.17, 15) is 8.76 Å². The van der Waals surface area contributed by atoms with Gasteiger partial charge in [0.05, 0.1) is 6.07 Å². The fraction of sp³-hybridized carbons (Fsp3) is 0.455. The zero-order valence-corrected chi connectivity index (χ0v) is 26.0. The third-order valence-corrected chi connectivity index (χ3v) is 10.3. The summed E-state index contributed by atoms with van der Waals surface area (Å²) in [6.07, 6.45) is 1.93. The standard InChI is InChI=1S/C33H40N4O3S/c1-21-17-32(2,3)35(6)28-15-30-26(13-24(21)28)34-27-14-25-23(18-33(4,5)36(7)29(25)16-31(27)40-30)20-37(41(38)39)19-22-11-9-8-10-12-22/h8-16,21,23H,17-20H2,1-7H3/p+1. The number of anilines is 1. The minimum Gasteiger partial charge on any atom is -0.452 e. The Morgan fingerprint density at radius 2 is 1.80 bits per heavy atom. The number of benzene rings is 3. The molecule has 41 heavy (non-hydrogen) atoms. The first-order valence-corrected chi connectivity index (χ1v) is 15.5. The predicted octanol–water partition coefficient (Wildman–Crippen LogP) is 5.49. The molecule has 0 aliphatic carbocycles. The Morgan fingerprint density at radius 3 is 2.51 bits per heavy atom. The van der Waals surface area contributed by atoms with E-state index in [4.69, 9.17) is 9.73 Å². The molecule has 3 unspecified atom stereocenters. The molecule has 3 aromatic rings. The molecule has 216 valence electrons. The zero-order valence-electron chi connectivity index (χ0n) is 25.1. The molecular weight excluding hydrogens is 532 g/mol. The highest BCUT2D eigenvalue weighted by atomic mass is 32.2. The summed E-state index contributed by atoms with van der Waals surface area (Å²) in [4.78, 5) is 7.48. The Balaban J connectivity index is 1.43. The fourth-order valence-electron chi connectivity index (χ4n) is 6.91. The van der Waals surface area contributed by atoms with E-state index in [1.807, 2.05) is 30.3 Å². The van der Waals surface area contributed by atoms with Crippen molar-refractivity contribution >= 4 is 22.6 Å². The van der Waals surface area contributed by atoms with E-state index in [1.165, 1.54) is 11.3 Å². The first-order chi connectivity index (χ1) is 19.3. The van der Waals surface area contributed by atoms with Crippen LogP contribution in [0.3, 0.4) is 0 Å². The van der Waals surface area contributed by atoms with E-state index in [0.29, 0.717) is 19.0 Å². The maximum atomic E-state index is 12.5. The van der Waals surface area contributed by atoms with Gasteiger partial charge in [0.25, 0.3) is 0 Å². The van der Waals surface area contributed by atoms with Gasteiger partial charge in [0.2, 0.25) is 16.6 Å². The van der Waals surface area contributed by atoms with Gasteiger partial charge < -0.3 is 9.64 Å². The van der Waals surface area contributed by atoms with E-state index < -0.39 is 11.3 Å². The van der Waals surface area contributed by atoms with Gasteiger partial charge in [0, 0.05) is 55.3 Å². The average Bonchev–Trinajstić information content (AvgIpc) is 2.92. The van der Waals surface area contributed by atoms with Crippen LogP contribution in [-0.4, -0.2) is 44.8 Å². The number of fused-ring (bicyclic) bond motifs is 4. The highest BCUT2D eigenvalue weighted by Crippen LogP contribution is 2.48. The number of nitrogens with zero attached hydrogens (tertiary/aromatic N) is 4. The van der Waals surface area contributed by atoms with Crippen LogP contribution in [0.15, 0.2) is 59.6 Å². The molecule has 1 N–H and O–H groups in total. The summed E-state index contributed by atoms with van der Waals surface area (Å²) in [7, 11) is 4.29. The summed E-state index contributed by atoms with van der Waals surface area (Å²) in [5.41, 5.74) is 5.45. The van der Waals surface area contributed by atoms with Crippen LogP contribution < -0.4 is 24.9 Å². The van der Waals surface area contributed by atoms with Gasteiger partial charge in [-0.2, -0.15) is 4.31 Å². The van der Waals surface area contributed by atoms with E-state index >= 15 is 0 Å². The fourth-order valence-corrected chi connectivity index (χ4v) is 7.48. The second kappa shape index (κ2) is 10.0. The molecule has 3 aliphatic rings. The molecule has 3 heterocycles. The van der Waals surface area contributed by atoms with E-state index in [0.717, 1.165) is 51.9 Å². The van der Waals surface area contributed by atoms with Gasteiger partial charge in [-0.25, -0.2) is 13.8 Å². The van der Waals surface area contributed by atoms with Gasteiger partial charge in [0.1, 0.15) is 18.1 Å². The van der Waals surface area contributed by atoms with Crippen molar-refractivity contribution in [2.24, 2.45) is 4.99 Å². The molecule has 8 heteroatoms. The number of hydrogen-bond acceptors (Lipinski definition) is 4. The minimum absolute atomic E-state index is 0.0531. The molecular formula is C33H41N4O3S+. The third-order valence-electron chi connectivity index (χ3n) is 9.59. The molecule has 0 spiro atoms. The molecule has 3 aliphatic heterocycles. The predicted molar refractivity (Wildman–Crippen MR) is 165 cm³/mol. The van der Waals surface area contributed by atoms with Crippen molar-refractivity contribution in [3.63, 3.8) is 0 Å². The number of rotatable bonds is 5. The first-order valence-electron chi connectivity index (χ1n) is 14.5. The lowest BCUT2D eigenvalue weighted by molar-refractivity contribution is 0.257. The quantitative estimate of drug-likeness (QED) is 0.253. The van der Waals surface area contributed by atoms with Crippen molar-refractivity contribution in [1.82, 2.24) is 8.88 Å². The SMILES string of the molecule is CC1CC(C)(C)N(C)c2cc3c(cc21)N=c1cc2c(cc1O3)=[N+](C)C(C)(C)CC2CN(Cc1ccccc1)S(=O)O. The molecule has 0 aromatic heterocycles. The highest BCUT2D eigenvalue weighted by molar-refractivity contribution is 7.76. The summed E-state index contributed by atoms with van der Waals surface area (Å²) in [6, 6.07) is 18.5. The first kappa shape index (κ1) is 28.1. The van der Waals surface area contributed by atoms with Crippen molar-refractivity contribution in [2.75, 3.05) is 25.5 Å². The van der Waals surface area contributed by atoms with E-state index in [-0.39, 0.29) is 17.0 Å². The van der Waals surface area contributed by atoms with Gasteiger partial charge in [0.15, 0.2) is 17.0 Å². The normalized spacial score (nSPS) is 22.6. The Kier molecular flexibility index (Phi) is 6.87. The Hall–Kier alpha value is -3.07. The second-order valence-electron chi connectivity index (χ2n) is 13.3. The minimum atomic E-state index is -2.09. The monoisotopic (exact) mass is 573 g/mol. The molecule has 0 fully saturated rings. The average molecular weight is 574 g/mol. The van der Waals surface area contributed by atoms with Crippen LogP contribution >= 0.6 is 0 Å². The number of hydrogen-bond donors (Lipinski definition) is 1. The lowest BCUT2D eigenvalue weighted by Crippen LogP contribution is -2.52. The van der Waals surface area contributed by atoms with E-state index in [1.54, 1.807) is 4.31 Å². The smallest absolute Gasteiger partial charge is 0.234 e. The maximum absolute atomic E-state index is 12.5. The molecule has 3 atom stereocenters. The van der Waals surface area contributed by atoms with E-state index in [2.05, 4.69) is 82.5 Å². The maximum Gasteiger partial charge on any atom is 0.234 e. The molecule has 3 aromatic carbocycles. The van der Waals surface area contributed by atoms with Crippen molar-refractivity contribution in [3.05, 3.63) is 82.0 Å². The lowest BCUT2D eigenvalue weighted by atomic mass is 9.80. The van der Waals surface area contributed by atoms with Gasteiger partial charge in [-0.15, -0.1) is 0 Å². The topological polar surface area (TPSA) is 68.4 Å². The Labute approximate surface area is 245 Å². The summed E-state index contributed by atoms with van der Waals surface area (Å²) in [5.74, 6) is 2.01. The molecule has 6 rings (SSSR count). The van der Waals surface area contributed by atoms with Crippen molar-refractivity contribution < 1.29 is 13.5 Å². The Morgan fingerprint density at radius 1 is 1.07 bits per heavy atom. The third kappa shape index (κ3) is 5.00. The number of ether oxygens (including phenoxy) is 1. The highest BCUT2D eigenvalue weighted by Gasteiger charge is 2.40. The molecule has 0 amide bonds. The van der Waals surface area contributed by atoms with Crippen LogP contribution in [-0.2, 0) is 17.8 Å². The van der Waals surface area contributed by atoms with Crippen LogP contribution in [0.5, 0.6) is 11.5 Å². The summed E-state index contributed by atoms with van der Waals surface area (Å²) in [6.45, 7) is 12.2. The van der Waals surface area contributed by atoms with Crippen molar-refractivity contribution in [3.8, 4) is 11.5 Å². The largest absolute Gasteiger partial charge is 0.452 e. The lowest BCUT2D eigenvalue weighted by Gasteiger charge is -2.45. The van der Waals surface area contributed by atoms with Crippen molar-refractivity contribution in [1.29, 1.82) is 0 Å². The summed E-state index contributed by atoms with van der Waals surface area (Å²) in [5, 5.41) is 1.89. The molecule has 0 bridgehead atoms. The van der Waals surface area contributed by atoms with Crippen LogP contribution in [0.1, 0.15) is 76.0 Å². The van der Waals surface area contributed by atoms with Gasteiger partial charge in [-0.1, -0.05) is 37.3 Å².